The van der Waals surface area contributed by atoms with Crippen molar-refractivity contribution >= 4 is 26.7 Å². The number of aryl methyl sites for hydroxylation is 1. The number of hydrogen-bond acceptors (Lipinski definition) is 3. The van der Waals surface area contributed by atoms with Gasteiger partial charge in [-0.15, -0.1) is 0 Å². The van der Waals surface area contributed by atoms with Crippen molar-refractivity contribution in [2.75, 3.05) is 5.32 Å². The summed E-state index contributed by atoms with van der Waals surface area (Å²) in [5, 5.41) is 3.34. The molecule has 2 nitrogen and oxygen atoms in total. The van der Waals surface area contributed by atoms with E-state index in [-0.39, 0.29) is 0 Å². The van der Waals surface area contributed by atoms with Gasteiger partial charge in [-0.05, 0) is 25.5 Å². The fourth-order valence-electron chi connectivity index (χ4n) is 1.76. The third-order valence-corrected chi connectivity index (χ3v) is 3.48. The summed E-state index contributed by atoms with van der Waals surface area (Å²) in [5.74, 6) is 0. The number of anilines is 1. The molecule has 1 aromatic heterocycles. The Hall–Kier alpha value is -1.30. The number of fused-ring (bicyclic) bond motifs is 1. The molecule has 0 spiro atoms. The zero-order valence-electron chi connectivity index (χ0n) is 10.0. The highest BCUT2D eigenvalue weighted by Crippen LogP contribution is 2.29. The average Bonchev–Trinajstić information content (AvgIpc) is 2.58. The van der Waals surface area contributed by atoms with E-state index in [1.807, 2.05) is 25.1 Å². The third-order valence-electron chi connectivity index (χ3n) is 2.53. The predicted molar refractivity (Wildman–Crippen MR) is 68.1 cm³/mol. The van der Waals surface area contributed by atoms with Crippen molar-refractivity contribution in [2.24, 2.45) is 0 Å². The maximum Gasteiger partial charge on any atom is 0.391 e. The fraction of sp³-hybridized carbons (Fsp3) is 0.417. The van der Waals surface area contributed by atoms with E-state index in [0.717, 1.165) is 15.8 Å². The molecule has 0 radical (unpaired) electrons. The molecule has 0 aliphatic rings. The molecule has 2 aromatic rings. The molecule has 0 saturated carbocycles. The summed E-state index contributed by atoms with van der Waals surface area (Å²) in [4.78, 5) is 4.32. The fourth-order valence-corrected chi connectivity index (χ4v) is 2.81. The van der Waals surface area contributed by atoms with Gasteiger partial charge < -0.3 is 5.32 Å². The van der Waals surface area contributed by atoms with Crippen molar-refractivity contribution in [3.63, 3.8) is 0 Å². The lowest BCUT2D eigenvalue weighted by atomic mass is 10.2. The number of halogens is 3. The van der Waals surface area contributed by atoms with E-state index < -0.39 is 18.6 Å². The van der Waals surface area contributed by atoms with Crippen molar-refractivity contribution in [2.45, 2.75) is 32.5 Å². The zero-order chi connectivity index (χ0) is 13.3. The Morgan fingerprint density at radius 2 is 2.11 bits per heavy atom. The Labute approximate surface area is 107 Å². The summed E-state index contributed by atoms with van der Waals surface area (Å²) in [7, 11) is 0. The van der Waals surface area contributed by atoms with Crippen LogP contribution in [0.25, 0.3) is 10.2 Å². The summed E-state index contributed by atoms with van der Waals surface area (Å²) >= 11 is 1.38. The van der Waals surface area contributed by atoms with Gasteiger partial charge >= 0.3 is 6.18 Å². The average molecular weight is 274 g/mol. The first-order valence-corrected chi connectivity index (χ1v) is 6.36. The number of para-hydroxylation sites is 1. The number of nitrogens with one attached hydrogen (secondary N) is 1. The summed E-state index contributed by atoms with van der Waals surface area (Å²) in [6.07, 6.45) is -5.01. The van der Waals surface area contributed by atoms with Crippen molar-refractivity contribution < 1.29 is 13.2 Å². The van der Waals surface area contributed by atoms with Gasteiger partial charge in [0.05, 0.1) is 16.6 Å². The minimum atomic E-state index is -4.15. The van der Waals surface area contributed by atoms with Crippen LogP contribution in [-0.4, -0.2) is 17.2 Å². The number of alkyl halides is 3. The lowest BCUT2D eigenvalue weighted by molar-refractivity contribution is -0.136. The van der Waals surface area contributed by atoms with Crippen LogP contribution in [0.5, 0.6) is 0 Å². The Morgan fingerprint density at radius 1 is 1.39 bits per heavy atom. The summed E-state index contributed by atoms with van der Waals surface area (Å²) in [6, 6.07) is 5.09. The van der Waals surface area contributed by atoms with Crippen LogP contribution in [0, 0.1) is 6.92 Å². The van der Waals surface area contributed by atoms with Gasteiger partial charge in [0.25, 0.3) is 0 Å². The first-order valence-electron chi connectivity index (χ1n) is 5.54. The van der Waals surface area contributed by atoms with Crippen molar-refractivity contribution in [1.82, 2.24) is 4.98 Å². The molecule has 0 bridgehead atoms. The highest BCUT2D eigenvalue weighted by atomic mass is 32.1. The standard InChI is InChI=1S/C12H13F3N2S/c1-7-4-3-5-9-10(7)17-11(18-9)16-8(2)6-12(13,14)15/h3-5,8H,6H2,1-2H3,(H,16,17). The van der Waals surface area contributed by atoms with E-state index in [2.05, 4.69) is 10.3 Å². The van der Waals surface area contributed by atoms with Crippen LogP contribution in [0.4, 0.5) is 18.3 Å². The van der Waals surface area contributed by atoms with Gasteiger partial charge in [0.15, 0.2) is 5.13 Å². The molecule has 6 heteroatoms. The molecule has 0 amide bonds. The van der Waals surface area contributed by atoms with E-state index in [4.69, 9.17) is 0 Å². The first-order chi connectivity index (χ1) is 8.35. The quantitative estimate of drug-likeness (QED) is 0.899. The Bertz CT molecular complexity index is 548. The molecule has 1 heterocycles. The molecule has 1 unspecified atom stereocenters. The lowest BCUT2D eigenvalue weighted by Gasteiger charge is -2.14. The minimum absolute atomic E-state index is 0.538. The third kappa shape index (κ3) is 3.13. The SMILES string of the molecule is Cc1cccc2sc(NC(C)CC(F)(F)F)nc12. The van der Waals surface area contributed by atoms with E-state index in [1.54, 1.807) is 0 Å². The van der Waals surface area contributed by atoms with Gasteiger partial charge in [0.2, 0.25) is 0 Å². The zero-order valence-corrected chi connectivity index (χ0v) is 10.8. The van der Waals surface area contributed by atoms with Crippen LogP contribution in [-0.2, 0) is 0 Å². The highest BCUT2D eigenvalue weighted by molar-refractivity contribution is 7.22. The Balaban J connectivity index is 2.15. The van der Waals surface area contributed by atoms with Crippen LogP contribution in [0.15, 0.2) is 18.2 Å². The van der Waals surface area contributed by atoms with Gasteiger partial charge in [0, 0.05) is 6.04 Å². The van der Waals surface area contributed by atoms with Crippen LogP contribution in [0.3, 0.4) is 0 Å². The number of nitrogens with zero attached hydrogens (tertiary/aromatic N) is 1. The molecular formula is C12H13F3N2S. The molecule has 1 atom stereocenters. The molecular weight excluding hydrogens is 261 g/mol. The van der Waals surface area contributed by atoms with Gasteiger partial charge in [-0.1, -0.05) is 23.5 Å². The Morgan fingerprint density at radius 3 is 2.72 bits per heavy atom. The number of thiazole rings is 1. The molecule has 98 valence electrons. The van der Waals surface area contributed by atoms with Crippen LogP contribution in [0.1, 0.15) is 18.9 Å². The highest BCUT2D eigenvalue weighted by Gasteiger charge is 2.30. The van der Waals surface area contributed by atoms with Crippen LogP contribution >= 0.6 is 11.3 Å². The van der Waals surface area contributed by atoms with Gasteiger partial charge in [0.1, 0.15) is 0 Å². The second kappa shape index (κ2) is 4.76. The predicted octanol–water partition coefficient (Wildman–Crippen LogP) is 4.36. The van der Waals surface area contributed by atoms with Crippen LogP contribution < -0.4 is 5.32 Å². The molecule has 1 aromatic carbocycles. The number of hydrogen-bond donors (Lipinski definition) is 1. The monoisotopic (exact) mass is 274 g/mol. The van der Waals surface area contributed by atoms with Crippen molar-refractivity contribution in [1.29, 1.82) is 0 Å². The molecule has 0 saturated heterocycles. The van der Waals surface area contributed by atoms with Crippen molar-refractivity contribution in [3.8, 4) is 0 Å². The first kappa shape index (κ1) is 13.1. The summed E-state index contributed by atoms with van der Waals surface area (Å²) < 4.78 is 37.6. The molecule has 1 N–H and O–H groups in total. The second-order valence-corrected chi connectivity index (χ2v) is 5.34. The topological polar surface area (TPSA) is 24.9 Å². The maximum atomic E-state index is 12.2. The summed E-state index contributed by atoms with van der Waals surface area (Å²) in [6.45, 7) is 3.44. The van der Waals surface area contributed by atoms with Crippen molar-refractivity contribution in [3.05, 3.63) is 23.8 Å². The van der Waals surface area contributed by atoms with E-state index >= 15 is 0 Å². The smallest absolute Gasteiger partial charge is 0.359 e. The number of benzene rings is 1. The second-order valence-electron chi connectivity index (χ2n) is 4.31. The number of aromatic nitrogens is 1. The molecule has 0 aliphatic carbocycles. The number of rotatable bonds is 3. The molecule has 0 aliphatic heterocycles. The van der Waals surface area contributed by atoms with E-state index in [0.29, 0.717) is 5.13 Å². The summed E-state index contributed by atoms with van der Waals surface area (Å²) in [5.41, 5.74) is 1.88. The lowest BCUT2D eigenvalue weighted by Crippen LogP contribution is -2.23. The van der Waals surface area contributed by atoms with Crippen LogP contribution in [0.2, 0.25) is 0 Å². The van der Waals surface area contributed by atoms with Gasteiger partial charge in [-0.3, -0.25) is 0 Å². The van der Waals surface area contributed by atoms with E-state index in [1.165, 1.54) is 18.3 Å². The molecule has 0 fully saturated rings. The molecule has 2 rings (SSSR count). The molecule has 18 heavy (non-hydrogen) atoms. The largest absolute Gasteiger partial charge is 0.391 e. The normalized spacial score (nSPS) is 13.8. The maximum absolute atomic E-state index is 12.2. The van der Waals surface area contributed by atoms with E-state index in [9.17, 15) is 13.2 Å². The van der Waals surface area contributed by atoms with Gasteiger partial charge in [-0.2, -0.15) is 13.2 Å². The minimum Gasteiger partial charge on any atom is -0.359 e. The Kier molecular flexibility index (Phi) is 3.47. The van der Waals surface area contributed by atoms with Gasteiger partial charge in [-0.25, -0.2) is 4.98 Å².